The number of ether oxygens (including phenoxy) is 1. The van der Waals surface area contributed by atoms with Gasteiger partial charge in [-0.05, 0) is 38.5 Å². The van der Waals surface area contributed by atoms with Crippen molar-refractivity contribution in [1.29, 1.82) is 0 Å². The molecule has 1 saturated carbocycles. The van der Waals surface area contributed by atoms with Crippen molar-refractivity contribution in [2.75, 3.05) is 19.8 Å². The van der Waals surface area contributed by atoms with Crippen LogP contribution in [0.5, 0.6) is 0 Å². The predicted molar refractivity (Wildman–Crippen MR) is 78.7 cm³/mol. The zero-order valence-electron chi connectivity index (χ0n) is 12.9. The summed E-state index contributed by atoms with van der Waals surface area (Å²) in [6, 6.07) is -0.340. The zero-order valence-corrected chi connectivity index (χ0v) is 12.9. The van der Waals surface area contributed by atoms with Gasteiger partial charge in [0.1, 0.15) is 11.6 Å². The van der Waals surface area contributed by atoms with E-state index in [-0.39, 0.29) is 17.9 Å². The summed E-state index contributed by atoms with van der Waals surface area (Å²) >= 11 is 0. The van der Waals surface area contributed by atoms with E-state index in [0.29, 0.717) is 12.5 Å². The van der Waals surface area contributed by atoms with E-state index in [2.05, 4.69) is 5.32 Å². The molecule has 2 heterocycles. The minimum atomic E-state index is -0.604. The molecule has 0 aromatic heterocycles. The van der Waals surface area contributed by atoms with Crippen molar-refractivity contribution in [3.63, 3.8) is 0 Å². The van der Waals surface area contributed by atoms with Gasteiger partial charge in [0.25, 0.3) is 0 Å². The van der Waals surface area contributed by atoms with Crippen molar-refractivity contribution in [3.8, 4) is 0 Å². The van der Waals surface area contributed by atoms with Crippen LogP contribution in [0.15, 0.2) is 0 Å². The van der Waals surface area contributed by atoms with Crippen molar-refractivity contribution < 1.29 is 14.3 Å². The molecular formula is C16H26N2O3. The maximum Gasteiger partial charge on any atom is 0.249 e. The van der Waals surface area contributed by atoms with Crippen molar-refractivity contribution in [3.05, 3.63) is 0 Å². The smallest absolute Gasteiger partial charge is 0.249 e. The minimum absolute atomic E-state index is 0.0172. The van der Waals surface area contributed by atoms with E-state index in [0.717, 1.165) is 51.7 Å². The Hall–Kier alpha value is -1.10. The third-order valence-corrected chi connectivity index (χ3v) is 5.38. The highest BCUT2D eigenvalue weighted by atomic mass is 16.5. The number of carbonyl (C=O) groups is 2. The van der Waals surface area contributed by atoms with E-state index in [1.807, 2.05) is 11.8 Å². The van der Waals surface area contributed by atoms with Gasteiger partial charge in [-0.3, -0.25) is 9.59 Å². The van der Waals surface area contributed by atoms with E-state index < -0.39 is 5.54 Å². The summed E-state index contributed by atoms with van der Waals surface area (Å²) in [7, 11) is 0. The van der Waals surface area contributed by atoms with Crippen molar-refractivity contribution in [2.24, 2.45) is 5.92 Å². The second-order valence-corrected chi connectivity index (χ2v) is 6.82. The highest BCUT2D eigenvalue weighted by Gasteiger charge is 2.50. The zero-order chi connectivity index (χ0) is 14.9. The van der Waals surface area contributed by atoms with Gasteiger partial charge >= 0.3 is 0 Å². The number of amides is 2. The SMILES string of the molecule is CC1C(=O)NC2(CCCCC2)C(=O)N1CC1CCOCC1. The first kappa shape index (κ1) is 14.8. The van der Waals surface area contributed by atoms with Gasteiger partial charge in [0.2, 0.25) is 11.8 Å². The molecular weight excluding hydrogens is 268 g/mol. The minimum Gasteiger partial charge on any atom is -0.381 e. The Morgan fingerprint density at radius 3 is 2.52 bits per heavy atom. The van der Waals surface area contributed by atoms with Crippen LogP contribution in [0.1, 0.15) is 51.9 Å². The number of nitrogens with one attached hydrogen (secondary N) is 1. The number of hydrogen-bond donors (Lipinski definition) is 1. The Morgan fingerprint density at radius 2 is 1.86 bits per heavy atom. The number of rotatable bonds is 2. The average Bonchev–Trinajstić information content (AvgIpc) is 2.52. The lowest BCUT2D eigenvalue weighted by atomic mass is 9.78. The number of carbonyl (C=O) groups excluding carboxylic acids is 2. The van der Waals surface area contributed by atoms with Gasteiger partial charge in [-0.2, -0.15) is 0 Å². The number of nitrogens with zero attached hydrogens (tertiary/aromatic N) is 1. The molecule has 1 N–H and O–H groups in total. The van der Waals surface area contributed by atoms with Crippen LogP contribution in [-0.2, 0) is 14.3 Å². The fourth-order valence-electron chi connectivity index (χ4n) is 3.93. The van der Waals surface area contributed by atoms with Crippen LogP contribution in [0.25, 0.3) is 0 Å². The van der Waals surface area contributed by atoms with Crippen LogP contribution in [0, 0.1) is 5.92 Å². The summed E-state index contributed by atoms with van der Waals surface area (Å²) < 4.78 is 5.39. The van der Waals surface area contributed by atoms with Gasteiger partial charge in [-0.25, -0.2) is 0 Å². The first-order valence-corrected chi connectivity index (χ1v) is 8.33. The van der Waals surface area contributed by atoms with E-state index in [1.165, 1.54) is 6.42 Å². The quantitative estimate of drug-likeness (QED) is 0.839. The lowest BCUT2D eigenvalue weighted by molar-refractivity contribution is -0.157. The molecule has 21 heavy (non-hydrogen) atoms. The van der Waals surface area contributed by atoms with E-state index >= 15 is 0 Å². The molecule has 2 aliphatic heterocycles. The Labute approximate surface area is 126 Å². The Kier molecular flexibility index (Phi) is 4.20. The summed E-state index contributed by atoms with van der Waals surface area (Å²) in [4.78, 5) is 27.2. The van der Waals surface area contributed by atoms with E-state index in [1.54, 1.807) is 0 Å². The van der Waals surface area contributed by atoms with Crippen LogP contribution in [0.2, 0.25) is 0 Å². The molecule has 1 unspecified atom stereocenters. The Morgan fingerprint density at radius 1 is 1.19 bits per heavy atom. The lowest BCUT2D eigenvalue weighted by Crippen LogP contribution is -2.70. The molecule has 0 aromatic carbocycles. The summed E-state index contributed by atoms with van der Waals surface area (Å²) in [5.41, 5.74) is -0.604. The molecule has 3 rings (SSSR count). The maximum atomic E-state index is 13.0. The Balaban J connectivity index is 1.76. The standard InChI is InChI=1S/C16H26N2O3/c1-12-14(19)17-16(7-3-2-4-8-16)15(20)18(12)11-13-5-9-21-10-6-13/h12-13H,2-11H2,1H3,(H,17,19). The average molecular weight is 294 g/mol. The summed E-state index contributed by atoms with van der Waals surface area (Å²) in [6.45, 7) is 4.11. The second kappa shape index (κ2) is 5.95. The number of hydrogen-bond acceptors (Lipinski definition) is 3. The fraction of sp³-hybridized carbons (Fsp3) is 0.875. The molecule has 1 aliphatic carbocycles. The first-order valence-electron chi connectivity index (χ1n) is 8.33. The molecule has 1 spiro atoms. The molecule has 0 radical (unpaired) electrons. The largest absolute Gasteiger partial charge is 0.381 e. The molecule has 2 amide bonds. The van der Waals surface area contributed by atoms with Gasteiger partial charge in [0.05, 0.1) is 0 Å². The van der Waals surface area contributed by atoms with Crippen molar-refractivity contribution >= 4 is 11.8 Å². The van der Waals surface area contributed by atoms with Crippen LogP contribution in [0.3, 0.4) is 0 Å². The topological polar surface area (TPSA) is 58.6 Å². The van der Waals surface area contributed by atoms with Gasteiger partial charge in [-0.1, -0.05) is 19.3 Å². The molecule has 5 heteroatoms. The lowest BCUT2D eigenvalue weighted by Gasteiger charge is -2.47. The van der Waals surface area contributed by atoms with Crippen LogP contribution in [0.4, 0.5) is 0 Å². The molecule has 3 fully saturated rings. The third-order valence-electron chi connectivity index (χ3n) is 5.38. The van der Waals surface area contributed by atoms with Crippen LogP contribution >= 0.6 is 0 Å². The van der Waals surface area contributed by atoms with Gasteiger partial charge < -0.3 is 15.0 Å². The van der Waals surface area contributed by atoms with Crippen molar-refractivity contribution in [2.45, 2.75) is 63.5 Å². The Bertz CT molecular complexity index is 412. The van der Waals surface area contributed by atoms with E-state index in [9.17, 15) is 9.59 Å². The van der Waals surface area contributed by atoms with Gasteiger partial charge in [0, 0.05) is 19.8 Å². The highest BCUT2D eigenvalue weighted by molar-refractivity contribution is 5.99. The van der Waals surface area contributed by atoms with E-state index in [4.69, 9.17) is 4.74 Å². The summed E-state index contributed by atoms with van der Waals surface area (Å²) in [6.07, 6.45) is 6.82. The molecule has 0 aromatic rings. The normalized spacial score (nSPS) is 30.5. The van der Waals surface area contributed by atoms with Crippen molar-refractivity contribution in [1.82, 2.24) is 10.2 Å². The predicted octanol–water partition coefficient (Wildman–Crippen LogP) is 1.46. The highest BCUT2D eigenvalue weighted by Crippen LogP contribution is 2.34. The summed E-state index contributed by atoms with van der Waals surface area (Å²) in [5, 5.41) is 3.04. The molecule has 1 atom stereocenters. The van der Waals surface area contributed by atoms with Gasteiger partial charge in [0.15, 0.2) is 0 Å². The van der Waals surface area contributed by atoms with Crippen LogP contribution < -0.4 is 5.32 Å². The third kappa shape index (κ3) is 2.80. The number of piperazine rings is 1. The molecule has 0 bridgehead atoms. The van der Waals surface area contributed by atoms with Gasteiger partial charge in [-0.15, -0.1) is 0 Å². The van der Waals surface area contributed by atoms with Crippen LogP contribution in [-0.4, -0.2) is 48.1 Å². The maximum absolute atomic E-state index is 13.0. The second-order valence-electron chi connectivity index (χ2n) is 6.82. The summed E-state index contributed by atoms with van der Waals surface area (Å²) in [5.74, 6) is 0.640. The monoisotopic (exact) mass is 294 g/mol. The first-order chi connectivity index (χ1) is 10.1. The fourth-order valence-corrected chi connectivity index (χ4v) is 3.93. The molecule has 3 aliphatic rings. The molecule has 5 nitrogen and oxygen atoms in total. The molecule has 118 valence electrons. The molecule has 2 saturated heterocycles.